The highest BCUT2D eigenvalue weighted by Crippen LogP contribution is 2.35. The minimum Gasteiger partial charge on any atom is -0.504 e. The summed E-state index contributed by atoms with van der Waals surface area (Å²) in [5.41, 5.74) is 1.68. The summed E-state index contributed by atoms with van der Waals surface area (Å²) in [6.07, 6.45) is 0. The SMILES string of the molecule is O=C(Nc1nc(-c2ccccc2)cs1)c1cc(O)c(O)c(O)c1. The number of benzene rings is 2. The summed E-state index contributed by atoms with van der Waals surface area (Å²) in [5.74, 6) is -2.36. The molecule has 0 aliphatic carbocycles. The molecule has 0 saturated heterocycles. The van der Waals surface area contributed by atoms with Gasteiger partial charge in [-0.25, -0.2) is 4.98 Å². The molecule has 7 heteroatoms. The van der Waals surface area contributed by atoms with Crippen molar-refractivity contribution in [2.24, 2.45) is 0 Å². The lowest BCUT2D eigenvalue weighted by Gasteiger charge is -2.05. The van der Waals surface area contributed by atoms with Crippen molar-refractivity contribution in [1.29, 1.82) is 0 Å². The molecule has 1 heterocycles. The zero-order valence-electron chi connectivity index (χ0n) is 11.7. The number of aromatic hydroxyl groups is 3. The van der Waals surface area contributed by atoms with E-state index < -0.39 is 23.2 Å². The van der Waals surface area contributed by atoms with Gasteiger partial charge in [0.2, 0.25) is 0 Å². The molecule has 0 aliphatic heterocycles. The monoisotopic (exact) mass is 328 g/mol. The van der Waals surface area contributed by atoms with Gasteiger partial charge in [-0.15, -0.1) is 11.3 Å². The lowest BCUT2D eigenvalue weighted by atomic mass is 10.1. The number of thiazole rings is 1. The number of nitrogens with zero attached hydrogens (tertiary/aromatic N) is 1. The van der Waals surface area contributed by atoms with E-state index >= 15 is 0 Å². The Kier molecular flexibility index (Phi) is 3.86. The highest BCUT2D eigenvalue weighted by molar-refractivity contribution is 7.14. The van der Waals surface area contributed by atoms with Crippen molar-refractivity contribution in [3.63, 3.8) is 0 Å². The summed E-state index contributed by atoms with van der Waals surface area (Å²) >= 11 is 1.26. The van der Waals surface area contributed by atoms with Gasteiger partial charge in [0.1, 0.15) is 0 Å². The van der Waals surface area contributed by atoms with Crippen LogP contribution in [0.2, 0.25) is 0 Å². The fourth-order valence-electron chi connectivity index (χ4n) is 1.98. The molecule has 23 heavy (non-hydrogen) atoms. The minimum atomic E-state index is -0.665. The molecule has 0 saturated carbocycles. The van der Waals surface area contributed by atoms with Gasteiger partial charge in [-0.1, -0.05) is 30.3 Å². The van der Waals surface area contributed by atoms with Crippen LogP contribution in [0.1, 0.15) is 10.4 Å². The molecule has 1 aromatic heterocycles. The highest BCUT2D eigenvalue weighted by Gasteiger charge is 2.15. The Balaban J connectivity index is 1.80. The van der Waals surface area contributed by atoms with E-state index in [1.807, 2.05) is 35.7 Å². The Bertz CT molecular complexity index is 839. The third-order valence-corrected chi connectivity index (χ3v) is 3.88. The van der Waals surface area contributed by atoms with Gasteiger partial charge in [0.15, 0.2) is 22.4 Å². The van der Waals surface area contributed by atoms with Crippen LogP contribution in [0.25, 0.3) is 11.3 Å². The zero-order valence-corrected chi connectivity index (χ0v) is 12.5. The number of phenolic OH excluding ortho intramolecular Hbond substituents is 3. The molecule has 0 atom stereocenters. The summed E-state index contributed by atoms with van der Waals surface area (Å²) in [4.78, 5) is 16.4. The molecule has 116 valence electrons. The number of carbonyl (C=O) groups excluding carboxylic acids is 1. The number of carbonyl (C=O) groups is 1. The molecule has 1 amide bonds. The minimum absolute atomic E-state index is 0.00858. The van der Waals surface area contributed by atoms with Crippen molar-refractivity contribution in [2.45, 2.75) is 0 Å². The Morgan fingerprint density at radius 3 is 2.35 bits per heavy atom. The molecule has 4 N–H and O–H groups in total. The molecule has 3 aromatic rings. The van der Waals surface area contributed by atoms with Gasteiger partial charge in [-0.2, -0.15) is 0 Å². The van der Waals surface area contributed by atoms with E-state index in [0.717, 1.165) is 23.4 Å². The Morgan fingerprint density at radius 2 is 1.70 bits per heavy atom. The fraction of sp³-hybridized carbons (Fsp3) is 0. The number of phenols is 3. The van der Waals surface area contributed by atoms with Crippen LogP contribution in [0.15, 0.2) is 47.8 Å². The molecule has 0 bridgehead atoms. The first kappa shape index (κ1) is 14.9. The van der Waals surface area contributed by atoms with E-state index in [2.05, 4.69) is 10.3 Å². The van der Waals surface area contributed by atoms with E-state index in [9.17, 15) is 20.1 Å². The van der Waals surface area contributed by atoms with Crippen LogP contribution in [0, 0.1) is 0 Å². The van der Waals surface area contributed by atoms with Crippen LogP contribution < -0.4 is 5.32 Å². The average Bonchev–Trinajstić information content (AvgIpc) is 3.01. The van der Waals surface area contributed by atoms with Crippen molar-refractivity contribution >= 4 is 22.4 Å². The smallest absolute Gasteiger partial charge is 0.257 e. The maximum Gasteiger partial charge on any atom is 0.257 e. The van der Waals surface area contributed by atoms with Crippen molar-refractivity contribution in [3.8, 4) is 28.5 Å². The number of amides is 1. The van der Waals surface area contributed by atoms with E-state index in [1.54, 1.807) is 0 Å². The largest absolute Gasteiger partial charge is 0.504 e. The van der Waals surface area contributed by atoms with Crippen LogP contribution in [0.4, 0.5) is 5.13 Å². The average molecular weight is 328 g/mol. The molecule has 6 nitrogen and oxygen atoms in total. The Morgan fingerprint density at radius 1 is 1.04 bits per heavy atom. The van der Waals surface area contributed by atoms with Gasteiger partial charge in [-0.3, -0.25) is 10.1 Å². The van der Waals surface area contributed by atoms with Crippen molar-refractivity contribution in [1.82, 2.24) is 4.98 Å². The number of nitrogens with one attached hydrogen (secondary N) is 1. The van der Waals surface area contributed by atoms with Crippen molar-refractivity contribution < 1.29 is 20.1 Å². The molecule has 3 rings (SSSR count). The summed E-state index contributed by atoms with van der Waals surface area (Å²) in [6, 6.07) is 11.7. The van der Waals surface area contributed by atoms with E-state index in [-0.39, 0.29) is 5.56 Å². The standard InChI is InChI=1S/C16H12N2O4S/c19-12-6-10(7-13(20)14(12)21)15(22)18-16-17-11(8-23-16)9-4-2-1-3-5-9/h1-8,19-21H,(H,17,18,22). The molecule has 2 aromatic carbocycles. The number of rotatable bonds is 3. The molecule has 0 aliphatic rings. The predicted molar refractivity (Wildman–Crippen MR) is 86.9 cm³/mol. The predicted octanol–water partition coefficient (Wildman–Crippen LogP) is 3.18. The fourth-order valence-corrected chi connectivity index (χ4v) is 2.69. The second-order valence-electron chi connectivity index (χ2n) is 4.72. The number of hydrogen-bond acceptors (Lipinski definition) is 6. The van der Waals surface area contributed by atoms with Gasteiger partial charge >= 0.3 is 0 Å². The quantitative estimate of drug-likeness (QED) is 0.553. The van der Waals surface area contributed by atoms with Crippen LogP contribution >= 0.6 is 11.3 Å². The van der Waals surface area contributed by atoms with Gasteiger partial charge in [0, 0.05) is 16.5 Å². The van der Waals surface area contributed by atoms with Gasteiger partial charge in [0.25, 0.3) is 5.91 Å². The third kappa shape index (κ3) is 3.09. The van der Waals surface area contributed by atoms with Crippen LogP contribution in [-0.2, 0) is 0 Å². The Hall–Kier alpha value is -3.06. The van der Waals surface area contributed by atoms with Crippen molar-refractivity contribution in [2.75, 3.05) is 5.32 Å². The third-order valence-electron chi connectivity index (χ3n) is 3.13. The van der Waals surface area contributed by atoms with E-state index in [0.29, 0.717) is 5.13 Å². The van der Waals surface area contributed by atoms with E-state index in [1.165, 1.54) is 11.3 Å². The summed E-state index contributed by atoms with van der Waals surface area (Å²) in [5, 5.41) is 33.0. The number of hydrogen-bond donors (Lipinski definition) is 4. The molecule has 0 unspecified atom stereocenters. The topological polar surface area (TPSA) is 103 Å². The lowest BCUT2D eigenvalue weighted by Crippen LogP contribution is -2.11. The number of anilines is 1. The molecule has 0 radical (unpaired) electrons. The normalized spacial score (nSPS) is 10.4. The summed E-state index contributed by atoms with van der Waals surface area (Å²) in [7, 11) is 0. The molecular formula is C16H12N2O4S. The maximum atomic E-state index is 12.1. The highest BCUT2D eigenvalue weighted by atomic mass is 32.1. The first-order valence-corrected chi connectivity index (χ1v) is 7.50. The summed E-state index contributed by atoms with van der Waals surface area (Å²) < 4.78 is 0. The molecular weight excluding hydrogens is 316 g/mol. The van der Waals surface area contributed by atoms with Crippen LogP contribution in [-0.4, -0.2) is 26.2 Å². The van der Waals surface area contributed by atoms with Gasteiger partial charge < -0.3 is 15.3 Å². The first-order chi connectivity index (χ1) is 11.0. The van der Waals surface area contributed by atoms with Gasteiger partial charge in [0.05, 0.1) is 5.69 Å². The first-order valence-electron chi connectivity index (χ1n) is 6.62. The second-order valence-corrected chi connectivity index (χ2v) is 5.58. The van der Waals surface area contributed by atoms with Crippen molar-refractivity contribution in [3.05, 3.63) is 53.4 Å². The summed E-state index contributed by atoms with van der Waals surface area (Å²) in [6.45, 7) is 0. The Labute approximate surface area is 135 Å². The number of aromatic nitrogens is 1. The van der Waals surface area contributed by atoms with Crippen LogP contribution in [0.5, 0.6) is 17.2 Å². The zero-order chi connectivity index (χ0) is 16.4. The lowest BCUT2D eigenvalue weighted by molar-refractivity contribution is 0.102. The second kappa shape index (κ2) is 5.98. The molecule has 0 fully saturated rings. The maximum absolute atomic E-state index is 12.1. The van der Waals surface area contributed by atoms with Crippen LogP contribution in [0.3, 0.4) is 0 Å². The molecule has 0 spiro atoms. The van der Waals surface area contributed by atoms with E-state index in [4.69, 9.17) is 0 Å². The van der Waals surface area contributed by atoms with Gasteiger partial charge in [-0.05, 0) is 12.1 Å².